The molecule has 4 rings (SSSR count). The summed E-state index contributed by atoms with van der Waals surface area (Å²) in [5, 5.41) is 2.94. The van der Waals surface area contributed by atoms with Crippen molar-refractivity contribution in [2.45, 2.75) is 41.9 Å². The number of alkyl halides is 1. The molecule has 1 aliphatic carbocycles. The van der Waals surface area contributed by atoms with E-state index in [1.807, 2.05) is 0 Å². The van der Waals surface area contributed by atoms with Gasteiger partial charge in [0.15, 0.2) is 12.0 Å². The summed E-state index contributed by atoms with van der Waals surface area (Å²) < 4.78 is 66.9. The monoisotopic (exact) mass is 343 g/mol. The number of sulfone groups is 1. The number of rotatable bonds is 3. The Morgan fingerprint density at radius 3 is 2.65 bits per heavy atom. The highest BCUT2D eigenvalue weighted by atomic mass is 32.2. The zero-order valence-electron chi connectivity index (χ0n) is 11.8. The second-order valence-electron chi connectivity index (χ2n) is 5.83. The minimum Gasteiger partial charge on any atom is -0.239 e. The SMILES string of the molecule is O=S(=O)(c1nc2n(n1)[C@H](c1cc(F)ccc1F)C[C@@H]2F)C1CC1. The molecule has 2 heterocycles. The van der Waals surface area contributed by atoms with Crippen LogP contribution in [0.2, 0.25) is 0 Å². The molecule has 23 heavy (non-hydrogen) atoms. The highest BCUT2D eigenvalue weighted by molar-refractivity contribution is 7.92. The second-order valence-corrected chi connectivity index (χ2v) is 7.95. The lowest BCUT2D eigenvalue weighted by Gasteiger charge is -2.12. The van der Waals surface area contributed by atoms with E-state index in [2.05, 4.69) is 10.1 Å². The van der Waals surface area contributed by atoms with Gasteiger partial charge in [0.1, 0.15) is 11.6 Å². The number of benzene rings is 1. The van der Waals surface area contributed by atoms with Crippen LogP contribution in [-0.4, -0.2) is 28.4 Å². The molecule has 122 valence electrons. The molecule has 2 atom stereocenters. The van der Waals surface area contributed by atoms with Crippen LogP contribution in [0.4, 0.5) is 13.2 Å². The van der Waals surface area contributed by atoms with Gasteiger partial charge in [-0.3, -0.25) is 0 Å². The molecular weight excluding hydrogens is 331 g/mol. The molecule has 0 spiro atoms. The number of halogens is 3. The minimum absolute atomic E-state index is 0.0633. The Labute approximate surface area is 130 Å². The van der Waals surface area contributed by atoms with Gasteiger partial charge in [-0.25, -0.2) is 26.3 Å². The normalized spacial score (nSPS) is 24.0. The van der Waals surface area contributed by atoms with Crippen molar-refractivity contribution in [3.8, 4) is 0 Å². The van der Waals surface area contributed by atoms with Gasteiger partial charge in [0.25, 0.3) is 5.16 Å². The fourth-order valence-corrected chi connectivity index (χ4v) is 4.31. The molecule has 0 radical (unpaired) electrons. The molecule has 2 aromatic rings. The van der Waals surface area contributed by atoms with Gasteiger partial charge in [-0.05, 0) is 31.0 Å². The van der Waals surface area contributed by atoms with Gasteiger partial charge in [0.05, 0.1) is 11.3 Å². The van der Waals surface area contributed by atoms with Crippen LogP contribution < -0.4 is 0 Å². The maximum atomic E-state index is 14.2. The van der Waals surface area contributed by atoms with Crippen LogP contribution >= 0.6 is 0 Å². The van der Waals surface area contributed by atoms with E-state index >= 15 is 0 Å². The molecule has 0 amide bonds. The van der Waals surface area contributed by atoms with Crippen molar-refractivity contribution in [1.82, 2.24) is 14.8 Å². The molecule has 0 unspecified atom stereocenters. The van der Waals surface area contributed by atoms with Gasteiger partial charge >= 0.3 is 0 Å². The standard InChI is InChI=1S/C14H12F3N3O2S/c15-7-1-4-10(16)9(5-7)12-6-11(17)13-18-14(19-20(12)13)23(21,22)8-2-3-8/h1,4-5,8,11-12H,2-3,6H2/t11-,12-/m0/s1. The van der Waals surface area contributed by atoms with Gasteiger partial charge in [-0.2, -0.15) is 4.98 Å². The minimum atomic E-state index is -3.67. The largest absolute Gasteiger partial charge is 0.267 e. The molecule has 0 bridgehead atoms. The van der Waals surface area contributed by atoms with E-state index in [0.717, 1.165) is 22.9 Å². The van der Waals surface area contributed by atoms with E-state index in [1.165, 1.54) is 0 Å². The Kier molecular flexibility index (Phi) is 3.06. The number of hydrogen-bond donors (Lipinski definition) is 0. The van der Waals surface area contributed by atoms with Crippen LogP contribution in [0.5, 0.6) is 0 Å². The number of aromatic nitrogens is 3. The van der Waals surface area contributed by atoms with E-state index in [1.54, 1.807) is 0 Å². The molecule has 1 fully saturated rings. The topological polar surface area (TPSA) is 64.8 Å². The molecule has 2 aliphatic rings. The molecule has 1 aliphatic heterocycles. The fraction of sp³-hybridized carbons (Fsp3) is 0.429. The summed E-state index contributed by atoms with van der Waals surface area (Å²) in [6.45, 7) is 0. The predicted molar refractivity (Wildman–Crippen MR) is 73.2 cm³/mol. The molecule has 5 nitrogen and oxygen atoms in total. The zero-order chi connectivity index (χ0) is 16.4. The smallest absolute Gasteiger partial charge is 0.239 e. The maximum absolute atomic E-state index is 14.2. The molecule has 1 aromatic heterocycles. The van der Waals surface area contributed by atoms with E-state index in [-0.39, 0.29) is 17.8 Å². The van der Waals surface area contributed by atoms with E-state index in [4.69, 9.17) is 0 Å². The second kappa shape index (κ2) is 4.80. The predicted octanol–water partition coefficient (Wildman–Crippen LogP) is 2.50. The Balaban J connectivity index is 1.80. The van der Waals surface area contributed by atoms with Crippen molar-refractivity contribution in [3.05, 3.63) is 41.2 Å². The van der Waals surface area contributed by atoms with Crippen LogP contribution in [0.15, 0.2) is 23.4 Å². The zero-order valence-corrected chi connectivity index (χ0v) is 12.6. The Morgan fingerprint density at radius 2 is 1.96 bits per heavy atom. The average molecular weight is 343 g/mol. The summed E-state index contributed by atoms with van der Waals surface area (Å²) in [5.74, 6) is -1.51. The van der Waals surface area contributed by atoms with Crippen molar-refractivity contribution in [3.63, 3.8) is 0 Å². The van der Waals surface area contributed by atoms with Crippen molar-refractivity contribution in [1.29, 1.82) is 0 Å². The Hall–Kier alpha value is -1.90. The van der Waals surface area contributed by atoms with Gasteiger partial charge in [0, 0.05) is 12.0 Å². The summed E-state index contributed by atoms with van der Waals surface area (Å²) in [4.78, 5) is 3.81. The molecule has 0 saturated heterocycles. The van der Waals surface area contributed by atoms with E-state index in [0.29, 0.717) is 12.8 Å². The highest BCUT2D eigenvalue weighted by Crippen LogP contribution is 2.41. The summed E-state index contributed by atoms with van der Waals surface area (Å²) in [5.41, 5.74) is -0.0633. The van der Waals surface area contributed by atoms with Crippen LogP contribution in [-0.2, 0) is 9.84 Å². The van der Waals surface area contributed by atoms with Gasteiger partial charge in [-0.1, -0.05) is 0 Å². The van der Waals surface area contributed by atoms with Crippen molar-refractivity contribution < 1.29 is 21.6 Å². The van der Waals surface area contributed by atoms with Crippen LogP contribution in [0, 0.1) is 11.6 Å². The highest BCUT2D eigenvalue weighted by Gasteiger charge is 2.43. The van der Waals surface area contributed by atoms with Gasteiger partial charge < -0.3 is 0 Å². The number of hydrogen-bond acceptors (Lipinski definition) is 4. The first-order valence-electron chi connectivity index (χ1n) is 7.17. The lowest BCUT2D eigenvalue weighted by Crippen LogP contribution is -2.13. The number of fused-ring (bicyclic) bond motifs is 1. The lowest BCUT2D eigenvalue weighted by atomic mass is 10.0. The van der Waals surface area contributed by atoms with Crippen LogP contribution in [0.1, 0.15) is 42.9 Å². The maximum Gasteiger partial charge on any atom is 0.267 e. The third-order valence-corrected chi connectivity index (χ3v) is 6.21. The number of nitrogens with zero attached hydrogens (tertiary/aromatic N) is 3. The molecule has 1 saturated carbocycles. The summed E-state index contributed by atoms with van der Waals surface area (Å²) >= 11 is 0. The molecule has 1 aromatic carbocycles. The molecule has 9 heteroatoms. The quantitative estimate of drug-likeness (QED) is 0.859. The summed E-state index contributed by atoms with van der Waals surface area (Å²) in [6, 6.07) is 1.98. The molecule has 0 N–H and O–H groups in total. The fourth-order valence-electron chi connectivity index (χ4n) is 2.84. The summed E-state index contributed by atoms with van der Waals surface area (Å²) in [6.07, 6.45) is -0.654. The van der Waals surface area contributed by atoms with Gasteiger partial charge in [0.2, 0.25) is 9.84 Å². The average Bonchev–Trinajstić information content (AvgIpc) is 3.19. The lowest BCUT2D eigenvalue weighted by molar-refractivity contribution is 0.325. The van der Waals surface area contributed by atoms with E-state index < -0.39 is 44.1 Å². The summed E-state index contributed by atoms with van der Waals surface area (Å²) in [7, 11) is -3.67. The first-order valence-corrected chi connectivity index (χ1v) is 8.72. The Morgan fingerprint density at radius 1 is 1.22 bits per heavy atom. The van der Waals surface area contributed by atoms with Crippen molar-refractivity contribution in [2.75, 3.05) is 0 Å². The Bertz CT molecular complexity index is 893. The van der Waals surface area contributed by atoms with Crippen molar-refractivity contribution in [2.24, 2.45) is 0 Å². The van der Waals surface area contributed by atoms with E-state index in [9.17, 15) is 21.6 Å². The van der Waals surface area contributed by atoms with Gasteiger partial charge in [-0.15, -0.1) is 5.10 Å². The first-order chi connectivity index (χ1) is 10.9. The third kappa shape index (κ3) is 2.25. The van der Waals surface area contributed by atoms with Crippen LogP contribution in [0.3, 0.4) is 0 Å². The van der Waals surface area contributed by atoms with Crippen LogP contribution in [0.25, 0.3) is 0 Å². The molecular formula is C14H12F3N3O2S. The first kappa shape index (κ1) is 14.7. The van der Waals surface area contributed by atoms with Crippen molar-refractivity contribution >= 4 is 9.84 Å². The third-order valence-electron chi connectivity index (χ3n) is 4.18.